The normalized spacial score (nSPS) is 6.22. The van der Waals surface area contributed by atoms with Crippen LogP contribution in [0.25, 0.3) is 0 Å². The fourth-order valence-electron chi connectivity index (χ4n) is 0.129. The highest BCUT2D eigenvalue weighted by Crippen LogP contribution is 1.74. The molecule has 0 aromatic carbocycles. The summed E-state index contributed by atoms with van der Waals surface area (Å²) >= 11 is 0. The molecule has 9 heavy (non-hydrogen) atoms. The number of aliphatic carboxylic acids is 2. The molecule has 0 amide bonds. The van der Waals surface area contributed by atoms with Gasteiger partial charge in [0, 0.05) is 0 Å². The molecular formula is C5H12O4. The third kappa shape index (κ3) is 19.6. The molecule has 0 fully saturated rings. The van der Waals surface area contributed by atoms with Crippen molar-refractivity contribution >= 4 is 11.9 Å². The maximum atomic E-state index is 9.43. The predicted octanol–water partition coefficient (Wildman–Crippen LogP) is 0.818. The van der Waals surface area contributed by atoms with Crippen molar-refractivity contribution < 1.29 is 19.8 Å². The lowest BCUT2D eigenvalue weighted by molar-refractivity contribution is -0.147. The van der Waals surface area contributed by atoms with Gasteiger partial charge < -0.3 is 10.2 Å². The molecule has 0 aromatic rings. The van der Waals surface area contributed by atoms with Crippen molar-refractivity contribution in [3.05, 3.63) is 0 Å². The lowest BCUT2D eigenvalue weighted by atomic mass is 10.5. The molecule has 0 spiro atoms. The van der Waals surface area contributed by atoms with E-state index in [1.807, 2.05) is 0 Å². The molecule has 2 N–H and O–H groups in total. The van der Waals surface area contributed by atoms with Gasteiger partial charge in [0.05, 0.1) is 0 Å². The van der Waals surface area contributed by atoms with Gasteiger partial charge in [-0.15, -0.1) is 0 Å². The number of carbonyl (C=O) groups is 2. The molecule has 56 valence electrons. The van der Waals surface area contributed by atoms with Crippen LogP contribution in [0.4, 0.5) is 0 Å². The van der Waals surface area contributed by atoms with Crippen LogP contribution in [0.3, 0.4) is 0 Å². The summed E-state index contributed by atoms with van der Waals surface area (Å²) in [6.07, 6.45) is -0.806. The minimum Gasteiger partial charge on any atom is -0.481 e. The highest BCUT2D eigenvalue weighted by Gasteiger charge is 2.01. The Labute approximate surface area is 54.1 Å². The predicted molar refractivity (Wildman–Crippen MR) is 33.4 cm³/mol. The Hall–Kier alpha value is -1.06. The second kappa shape index (κ2) is 6.94. The molecule has 0 rings (SSSR count). The van der Waals surface area contributed by atoms with Crippen molar-refractivity contribution in [2.75, 3.05) is 0 Å². The van der Waals surface area contributed by atoms with Crippen LogP contribution in [0, 0.1) is 0 Å². The van der Waals surface area contributed by atoms with Gasteiger partial charge in [0.1, 0.15) is 6.42 Å². The molecule has 4 heteroatoms. The van der Waals surface area contributed by atoms with Crippen LogP contribution >= 0.6 is 0 Å². The van der Waals surface area contributed by atoms with Crippen molar-refractivity contribution in [3.63, 3.8) is 0 Å². The van der Waals surface area contributed by atoms with Gasteiger partial charge in [-0.1, -0.05) is 14.9 Å². The summed E-state index contributed by atoms with van der Waals surface area (Å²) in [5.74, 6) is -2.62. The SMILES string of the molecule is C.C.O=C(O)CC(=O)O. The second-order valence-electron chi connectivity index (χ2n) is 0.964. The maximum absolute atomic E-state index is 9.43. The maximum Gasteiger partial charge on any atom is 0.314 e. The minimum absolute atomic E-state index is 0. The number of carboxylic acid groups (broad SMARTS) is 2. The van der Waals surface area contributed by atoms with E-state index in [4.69, 9.17) is 10.2 Å². The molecule has 0 aliphatic carbocycles. The molecule has 0 bridgehead atoms. The Bertz CT molecular complexity index is 85.1. The summed E-state index contributed by atoms with van der Waals surface area (Å²) in [6, 6.07) is 0. The van der Waals surface area contributed by atoms with Crippen LogP contribution in [-0.2, 0) is 9.59 Å². The van der Waals surface area contributed by atoms with Crippen molar-refractivity contribution in [3.8, 4) is 0 Å². The average molecular weight is 136 g/mol. The van der Waals surface area contributed by atoms with E-state index in [0.29, 0.717) is 0 Å². The number of rotatable bonds is 2. The van der Waals surface area contributed by atoms with E-state index in [1.165, 1.54) is 0 Å². The number of hydrogen-bond acceptors (Lipinski definition) is 2. The van der Waals surface area contributed by atoms with Gasteiger partial charge in [0.25, 0.3) is 0 Å². The van der Waals surface area contributed by atoms with Crippen LogP contribution < -0.4 is 0 Å². The Morgan fingerprint density at radius 1 is 1.00 bits per heavy atom. The van der Waals surface area contributed by atoms with E-state index in [9.17, 15) is 9.59 Å². The second-order valence-corrected chi connectivity index (χ2v) is 0.964. The number of hydrogen-bond donors (Lipinski definition) is 2. The van der Waals surface area contributed by atoms with Gasteiger partial charge in [-0.2, -0.15) is 0 Å². The largest absolute Gasteiger partial charge is 0.481 e. The van der Waals surface area contributed by atoms with Crippen molar-refractivity contribution in [2.24, 2.45) is 0 Å². The fraction of sp³-hybridized carbons (Fsp3) is 0.600. The molecule has 0 atom stereocenters. The zero-order valence-electron chi connectivity index (χ0n) is 3.42. The summed E-state index contributed by atoms with van der Waals surface area (Å²) in [4.78, 5) is 18.9. The van der Waals surface area contributed by atoms with Gasteiger partial charge in [0.15, 0.2) is 0 Å². The van der Waals surface area contributed by atoms with Crippen molar-refractivity contribution in [2.45, 2.75) is 21.3 Å². The quantitative estimate of drug-likeness (QED) is 0.551. The van der Waals surface area contributed by atoms with E-state index in [-0.39, 0.29) is 14.9 Å². The van der Waals surface area contributed by atoms with Gasteiger partial charge in [-0.25, -0.2) is 0 Å². The van der Waals surface area contributed by atoms with Crippen LogP contribution in [0.15, 0.2) is 0 Å². The smallest absolute Gasteiger partial charge is 0.314 e. The summed E-state index contributed by atoms with van der Waals surface area (Å²) in [5, 5.41) is 15.4. The third-order valence-corrected chi connectivity index (χ3v) is 0.302. The molecule has 0 heterocycles. The van der Waals surface area contributed by atoms with Crippen LogP contribution in [-0.4, -0.2) is 22.2 Å². The summed E-state index contributed by atoms with van der Waals surface area (Å²) < 4.78 is 0. The van der Waals surface area contributed by atoms with Gasteiger partial charge >= 0.3 is 11.9 Å². The summed E-state index contributed by atoms with van der Waals surface area (Å²) in [7, 11) is 0. The van der Waals surface area contributed by atoms with Crippen molar-refractivity contribution in [1.29, 1.82) is 0 Å². The first-order valence-electron chi connectivity index (χ1n) is 1.56. The van der Waals surface area contributed by atoms with E-state index < -0.39 is 18.4 Å². The highest BCUT2D eigenvalue weighted by molar-refractivity contribution is 5.88. The molecule has 4 nitrogen and oxygen atoms in total. The number of carboxylic acids is 2. The molecule has 0 saturated carbocycles. The van der Waals surface area contributed by atoms with Crippen LogP contribution in [0.1, 0.15) is 21.3 Å². The molecule has 0 saturated heterocycles. The molecule has 0 unspecified atom stereocenters. The lowest BCUT2D eigenvalue weighted by Crippen LogP contribution is -2.03. The standard InChI is InChI=1S/C3H4O4.2CH4/c4-2(5)1-3(6)7;;/h1H2,(H,4,5)(H,6,7);2*1H4. The van der Waals surface area contributed by atoms with E-state index in [2.05, 4.69) is 0 Å². The van der Waals surface area contributed by atoms with E-state index >= 15 is 0 Å². The molecule has 0 aliphatic rings. The van der Waals surface area contributed by atoms with E-state index in [0.717, 1.165) is 0 Å². The Morgan fingerprint density at radius 2 is 1.22 bits per heavy atom. The summed E-state index contributed by atoms with van der Waals surface area (Å²) in [6.45, 7) is 0. The first-order valence-corrected chi connectivity index (χ1v) is 1.56. The average Bonchev–Trinajstić information content (AvgIpc) is 1.27. The zero-order valence-corrected chi connectivity index (χ0v) is 3.42. The summed E-state index contributed by atoms with van der Waals surface area (Å²) in [5.41, 5.74) is 0. The van der Waals surface area contributed by atoms with Crippen LogP contribution in [0.2, 0.25) is 0 Å². The van der Waals surface area contributed by atoms with Gasteiger partial charge in [-0.3, -0.25) is 9.59 Å². The Balaban J connectivity index is -0.000000180. The minimum atomic E-state index is -1.31. The fourth-order valence-corrected chi connectivity index (χ4v) is 0.129. The lowest BCUT2D eigenvalue weighted by Gasteiger charge is -1.80. The van der Waals surface area contributed by atoms with Crippen molar-refractivity contribution in [1.82, 2.24) is 0 Å². The van der Waals surface area contributed by atoms with E-state index in [1.54, 1.807) is 0 Å². The topological polar surface area (TPSA) is 74.6 Å². The van der Waals surface area contributed by atoms with Gasteiger partial charge in [0.2, 0.25) is 0 Å². The first kappa shape index (κ1) is 15.7. The zero-order chi connectivity index (χ0) is 5.86. The first-order chi connectivity index (χ1) is 3.13. The molecule has 0 aromatic heterocycles. The monoisotopic (exact) mass is 136 g/mol. The third-order valence-electron chi connectivity index (χ3n) is 0.302. The Morgan fingerprint density at radius 3 is 1.22 bits per heavy atom. The highest BCUT2D eigenvalue weighted by atomic mass is 16.4. The van der Waals surface area contributed by atoms with Gasteiger partial charge in [-0.05, 0) is 0 Å². The van der Waals surface area contributed by atoms with Crippen LogP contribution in [0.5, 0.6) is 0 Å². The molecule has 0 aliphatic heterocycles. The molecular weight excluding hydrogens is 124 g/mol. The molecule has 0 radical (unpaired) electrons. The Kier molecular flexibility index (Phi) is 12.1.